The minimum atomic E-state index is -3.10. The van der Waals surface area contributed by atoms with Crippen LogP contribution in [0.2, 0.25) is 0 Å². The van der Waals surface area contributed by atoms with Gasteiger partial charge in [0.2, 0.25) is 10.0 Å². The Bertz CT molecular complexity index is 436. The zero-order chi connectivity index (χ0) is 17.0. The minimum Gasteiger partial charge on any atom is -0.379 e. The van der Waals surface area contributed by atoms with E-state index in [1.807, 2.05) is 6.92 Å². The van der Waals surface area contributed by atoms with Gasteiger partial charge in [0.05, 0.1) is 19.0 Å². The first-order chi connectivity index (χ1) is 11.1. The molecule has 136 valence electrons. The van der Waals surface area contributed by atoms with E-state index >= 15 is 0 Å². The Labute approximate surface area is 140 Å². The van der Waals surface area contributed by atoms with Gasteiger partial charge in [-0.1, -0.05) is 0 Å². The van der Waals surface area contributed by atoms with Crippen molar-refractivity contribution in [2.45, 2.75) is 20.3 Å². The first-order valence-electron chi connectivity index (χ1n) is 8.37. The van der Waals surface area contributed by atoms with Gasteiger partial charge in [-0.3, -0.25) is 9.89 Å². The SMILES string of the molecule is CCNC(=NCCCNS(=O)(=O)CC)NCCN1CCOCC1. The quantitative estimate of drug-likeness (QED) is 0.272. The average molecular weight is 350 g/mol. The van der Waals surface area contributed by atoms with Crippen LogP contribution in [0.5, 0.6) is 0 Å². The third kappa shape index (κ3) is 9.75. The molecule has 23 heavy (non-hydrogen) atoms. The van der Waals surface area contributed by atoms with E-state index in [2.05, 4.69) is 25.2 Å². The molecule has 0 aromatic heterocycles. The molecule has 1 saturated heterocycles. The molecule has 1 rings (SSSR count). The molecule has 0 aromatic rings. The summed E-state index contributed by atoms with van der Waals surface area (Å²) in [6.07, 6.45) is 0.680. The van der Waals surface area contributed by atoms with Crippen molar-refractivity contribution in [2.75, 3.05) is 64.8 Å². The minimum absolute atomic E-state index is 0.113. The number of aliphatic imine (C=N–C) groups is 1. The van der Waals surface area contributed by atoms with Crippen molar-refractivity contribution in [3.8, 4) is 0 Å². The van der Waals surface area contributed by atoms with E-state index in [-0.39, 0.29) is 5.75 Å². The Morgan fingerprint density at radius 2 is 1.91 bits per heavy atom. The maximum Gasteiger partial charge on any atom is 0.211 e. The first-order valence-corrected chi connectivity index (χ1v) is 10.0. The Morgan fingerprint density at radius 3 is 2.57 bits per heavy atom. The van der Waals surface area contributed by atoms with Gasteiger partial charge in [0.25, 0.3) is 0 Å². The van der Waals surface area contributed by atoms with Crippen LogP contribution in [0.3, 0.4) is 0 Å². The molecule has 0 atom stereocenters. The molecule has 8 nitrogen and oxygen atoms in total. The predicted molar refractivity (Wildman–Crippen MR) is 93.3 cm³/mol. The predicted octanol–water partition coefficient (Wildman–Crippen LogP) is -0.797. The molecule has 0 aliphatic carbocycles. The molecule has 0 aromatic carbocycles. The van der Waals surface area contributed by atoms with Crippen LogP contribution in [0.1, 0.15) is 20.3 Å². The van der Waals surface area contributed by atoms with Gasteiger partial charge in [-0.2, -0.15) is 0 Å². The van der Waals surface area contributed by atoms with Crippen molar-refractivity contribution in [3.05, 3.63) is 0 Å². The Morgan fingerprint density at radius 1 is 1.17 bits per heavy atom. The van der Waals surface area contributed by atoms with Gasteiger partial charge in [0, 0.05) is 45.8 Å². The largest absolute Gasteiger partial charge is 0.379 e. The van der Waals surface area contributed by atoms with Gasteiger partial charge in [-0.05, 0) is 20.3 Å². The summed E-state index contributed by atoms with van der Waals surface area (Å²) in [5.74, 6) is 0.890. The third-order valence-corrected chi connectivity index (χ3v) is 4.88. The fourth-order valence-electron chi connectivity index (χ4n) is 2.10. The molecule has 1 aliphatic rings. The molecular formula is C14H31N5O3S. The standard InChI is InChI=1S/C14H31N5O3S/c1-3-15-14(16-6-5-7-18-23(20,21)4-2)17-8-9-19-10-12-22-13-11-19/h18H,3-13H2,1-2H3,(H2,15,16,17). The monoisotopic (exact) mass is 349 g/mol. The van der Waals surface area contributed by atoms with Crippen molar-refractivity contribution < 1.29 is 13.2 Å². The van der Waals surface area contributed by atoms with E-state index < -0.39 is 10.0 Å². The van der Waals surface area contributed by atoms with Crippen LogP contribution in [0.4, 0.5) is 0 Å². The summed E-state index contributed by atoms with van der Waals surface area (Å²) >= 11 is 0. The second-order valence-electron chi connectivity index (χ2n) is 5.29. The molecule has 1 aliphatic heterocycles. The van der Waals surface area contributed by atoms with Crippen molar-refractivity contribution in [1.29, 1.82) is 0 Å². The van der Waals surface area contributed by atoms with Gasteiger partial charge in [0.15, 0.2) is 5.96 Å². The molecule has 0 bridgehead atoms. The van der Waals surface area contributed by atoms with E-state index in [0.717, 1.165) is 51.9 Å². The average Bonchev–Trinajstić information content (AvgIpc) is 2.55. The molecule has 0 unspecified atom stereocenters. The van der Waals surface area contributed by atoms with Gasteiger partial charge in [-0.25, -0.2) is 13.1 Å². The summed E-state index contributed by atoms with van der Waals surface area (Å²) in [6, 6.07) is 0. The highest BCUT2D eigenvalue weighted by Crippen LogP contribution is 1.94. The van der Waals surface area contributed by atoms with Gasteiger partial charge in [-0.15, -0.1) is 0 Å². The molecule has 3 N–H and O–H groups in total. The highest BCUT2D eigenvalue weighted by atomic mass is 32.2. The van der Waals surface area contributed by atoms with E-state index in [9.17, 15) is 8.42 Å². The van der Waals surface area contributed by atoms with Crippen LogP contribution in [0, 0.1) is 0 Å². The fourth-order valence-corrected chi connectivity index (χ4v) is 2.76. The molecule has 0 amide bonds. The summed E-state index contributed by atoms with van der Waals surface area (Å²) in [6.45, 7) is 10.8. The summed E-state index contributed by atoms with van der Waals surface area (Å²) in [4.78, 5) is 6.82. The molecule has 9 heteroatoms. The van der Waals surface area contributed by atoms with E-state index in [1.165, 1.54) is 0 Å². The number of sulfonamides is 1. The Kier molecular flexibility index (Phi) is 10.2. The molecule has 1 fully saturated rings. The molecule has 0 saturated carbocycles. The van der Waals surface area contributed by atoms with Crippen LogP contribution >= 0.6 is 0 Å². The summed E-state index contributed by atoms with van der Waals surface area (Å²) in [7, 11) is -3.10. The van der Waals surface area contributed by atoms with Crippen molar-refractivity contribution in [3.63, 3.8) is 0 Å². The summed E-state index contributed by atoms with van der Waals surface area (Å²) in [5.41, 5.74) is 0. The number of rotatable bonds is 10. The molecule has 0 spiro atoms. The van der Waals surface area contributed by atoms with Gasteiger partial charge >= 0.3 is 0 Å². The summed E-state index contributed by atoms with van der Waals surface area (Å²) < 4.78 is 30.5. The topological polar surface area (TPSA) is 95.1 Å². The number of hydrogen-bond donors (Lipinski definition) is 3. The Balaban J connectivity index is 2.21. The maximum atomic E-state index is 11.3. The number of morpholine rings is 1. The smallest absolute Gasteiger partial charge is 0.211 e. The lowest BCUT2D eigenvalue weighted by Crippen LogP contribution is -2.44. The normalized spacial score (nSPS) is 17.2. The molecule has 1 heterocycles. The maximum absolute atomic E-state index is 11.3. The molecule has 0 radical (unpaired) electrons. The van der Waals surface area contributed by atoms with Crippen molar-refractivity contribution in [1.82, 2.24) is 20.3 Å². The summed E-state index contributed by atoms with van der Waals surface area (Å²) in [5, 5.41) is 6.50. The van der Waals surface area contributed by atoms with Crippen molar-refractivity contribution in [2.24, 2.45) is 4.99 Å². The van der Waals surface area contributed by atoms with E-state index in [4.69, 9.17) is 4.74 Å². The Hall–Kier alpha value is -0.900. The lowest BCUT2D eigenvalue weighted by Gasteiger charge is -2.26. The second-order valence-corrected chi connectivity index (χ2v) is 7.39. The highest BCUT2D eigenvalue weighted by Gasteiger charge is 2.09. The highest BCUT2D eigenvalue weighted by molar-refractivity contribution is 7.89. The number of nitrogens with one attached hydrogen (secondary N) is 3. The second kappa shape index (κ2) is 11.6. The van der Waals surface area contributed by atoms with Gasteiger partial charge in [0.1, 0.15) is 0 Å². The zero-order valence-electron chi connectivity index (χ0n) is 14.3. The van der Waals surface area contributed by atoms with Crippen LogP contribution in [0.15, 0.2) is 4.99 Å². The number of guanidine groups is 1. The third-order valence-electron chi connectivity index (χ3n) is 3.48. The first kappa shape index (κ1) is 20.1. The van der Waals surface area contributed by atoms with Crippen molar-refractivity contribution >= 4 is 16.0 Å². The van der Waals surface area contributed by atoms with E-state index in [0.29, 0.717) is 19.5 Å². The lowest BCUT2D eigenvalue weighted by molar-refractivity contribution is 0.0389. The van der Waals surface area contributed by atoms with Crippen LogP contribution in [-0.4, -0.2) is 84.1 Å². The van der Waals surface area contributed by atoms with E-state index in [1.54, 1.807) is 6.92 Å². The number of hydrogen-bond acceptors (Lipinski definition) is 5. The fraction of sp³-hybridized carbons (Fsp3) is 0.929. The van der Waals surface area contributed by atoms with Gasteiger partial charge < -0.3 is 15.4 Å². The zero-order valence-corrected chi connectivity index (χ0v) is 15.1. The lowest BCUT2D eigenvalue weighted by atomic mass is 10.4. The number of nitrogens with zero attached hydrogens (tertiary/aromatic N) is 2. The molecular weight excluding hydrogens is 318 g/mol. The van der Waals surface area contributed by atoms with Crippen LogP contribution < -0.4 is 15.4 Å². The van der Waals surface area contributed by atoms with Crippen LogP contribution in [-0.2, 0) is 14.8 Å². The van der Waals surface area contributed by atoms with Crippen LogP contribution in [0.25, 0.3) is 0 Å². The number of ether oxygens (including phenoxy) is 1.